The second-order valence-electron chi connectivity index (χ2n) is 7.69. The number of aliphatic imine (C=N–C) groups is 1. The molecule has 148 valence electrons. The number of hydrogen-bond acceptors (Lipinski definition) is 4. The van der Waals surface area contributed by atoms with Gasteiger partial charge >= 0.3 is 0 Å². The van der Waals surface area contributed by atoms with E-state index in [0.29, 0.717) is 5.92 Å². The molecule has 0 spiro atoms. The third-order valence-corrected chi connectivity index (χ3v) is 6.45. The molecule has 0 radical (unpaired) electrons. The van der Waals surface area contributed by atoms with E-state index in [1.54, 1.807) is 11.3 Å². The minimum atomic E-state index is 0. The number of likely N-dealkylation sites (tertiary alicyclic amines) is 2. The summed E-state index contributed by atoms with van der Waals surface area (Å²) in [6, 6.07) is 0. The first-order valence-electron chi connectivity index (χ1n) is 9.78. The van der Waals surface area contributed by atoms with E-state index in [-0.39, 0.29) is 24.0 Å². The average Bonchev–Trinajstić information content (AvgIpc) is 3.26. The van der Waals surface area contributed by atoms with Gasteiger partial charge in [0.25, 0.3) is 0 Å². The fourth-order valence-electron chi connectivity index (χ4n) is 3.85. The Bertz CT molecular complexity index is 568. The first-order chi connectivity index (χ1) is 12.2. The molecule has 2 aliphatic heterocycles. The van der Waals surface area contributed by atoms with Crippen LogP contribution in [0.25, 0.3) is 0 Å². The van der Waals surface area contributed by atoms with Gasteiger partial charge in [-0.3, -0.25) is 4.99 Å². The minimum absolute atomic E-state index is 0. The molecular weight excluding hydrogens is 457 g/mol. The Labute approximate surface area is 179 Å². The molecule has 1 atom stereocenters. The Morgan fingerprint density at radius 3 is 2.73 bits per heavy atom. The van der Waals surface area contributed by atoms with E-state index in [4.69, 9.17) is 4.98 Å². The molecule has 1 aromatic rings. The molecule has 0 aromatic carbocycles. The van der Waals surface area contributed by atoms with Crippen molar-refractivity contribution >= 4 is 41.3 Å². The van der Waals surface area contributed by atoms with Gasteiger partial charge in [-0.1, -0.05) is 20.3 Å². The second-order valence-corrected chi connectivity index (χ2v) is 8.58. The number of rotatable bonds is 5. The first kappa shape index (κ1) is 21.9. The van der Waals surface area contributed by atoms with Crippen LogP contribution >= 0.6 is 35.3 Å². The van der Waals surface area contributed by atoms with Crippen molar-refractivity contribution in [2.45, 2.75) is 52.0 Å². The van der Waals surface area contributed by atoms with Crippen LogP contribution in [0, 0.1) is 5.92 Å². The molecule has 0 bridgehead atoms. The van der Waals surface area contributed by atoms with Gasteiger partial charge in [-0.05, 0) is 38.3 Å². The van der Waals surface area contributed by atoms with Crippen LogP contribution in [0.2, 0.25) is 0 Å². The molecule has 26 heavy (non-hydrogen) atoms. The number of nitrogens with one attached hydrogen (secondary N) is 1. The number of hydrogen-bond donors (Lipinski definition) is 1. The number of halogens is 1. The molecule has 1 aromatic heterocycles. The Hall–Kier alpha value is -0.410. The monoisotopic (exact) mass is 491 g/mol. The highest BCUT2D eigenvalue weighted by Crippen LogP contribution is 2.21. The van der Waals surface area contributed by atoms with E-state index in [9.17, 15) is 0 Å². The zero-order valence-electron chi connectivity index (χ0n) is 16.4. The maximum Gasteiger partial charge on any atom is 0.193 e. The average molecular weight is 491 g/mol. The van der Waals surface area contributed by atoms with Crippen LogP contribution in [0.4, 0.5) is 0 Å². The maximum atomic E-state index is 4.71. The highest BCUT2D eigenvalue weighted by Gasteiger charge is 2.27. The van der Waals surface area contributed by atoms with Crippen LogP contribution in [0.5, 0.6) is 0 Å². The molecular formula is C19H34IN5S. The van der Waals surface area contributed by atoms with Gasteiger partial charge in [-0.15, -0.1) is 35.3 Å². The summed E-state index contributed by atoms with van der Waals surface area (Å²) in [7, 11) is 1.89. The Balaban J connectivity index is 0.00000243. The lowest BCUT2D eigenvalue weighted by Gasteiger charge is -2.29. The summed E-state index contributed by atoms with van der Waals surface area (Å²) in [6.07, 6.45) is 5.46. The number of piperidine rings is 1. The molecule has 0 aliphatic carbocycles. The number of thiazole rings is 1. The normalized spacial score (nSPS) is 21.9. The van der Waals surface area contributed by atoms with Gasteiger partial charge in [0.05, 0.1) is 17.2 Å². The van der Waals surface area contributed by atoms with Crippen molar-refractivity contribution in [3.63, 3.8) is 0 Å². The molecule has 5 nitrogen and oxygen atoms in total. The minimum Gasteiger partial charge on any atom is -0.351 e. The van der Waals surface area contributed by atoms with E-state index < -0.39 is 0 Å². The largest absolute Gasteiger partial charge is 0.351 e. The highest BCUT2D eigenvalue weighted by atomic mass is 127. The third kappa shape index (κ3) is 6.05. The van der Waals surface area contributed by atoms with Crippen LogP contribution in [-0.2, 0) is 6.54 Å². The number of aromatic nitrogens is 1. The standard InChI is InChI=1S/C19H33N5S.HI/c1-15(2)18-22-17(14-25-18)11-21-19(20-3)24-10-7-16(13-24)12-23-8-5-4-6-9-23;/h14-16H,4-13H2,1-3H3,(H,20,21);1H. The third-order valence-electron chi connectivity index (χ3n) is 5.25. The predicted molar refractivity (Wildman–Crippen MR) is 122 cm³/mol. The zero-order valence-corrected chi connectivity index (χ0v) is 19.6. The van der Waals surface area contributed by atoms with E-state index in [2.05, 4.69) is 39.3 Å². The second kappa shape index (κ2) is 10.8. The number of guanidine groups is 1. The lowest BCUT2D eigenvalue weighted by molar-refractivity contribution is 0.198. The molecule has 7 heteroatoms. The van der Waals surface area contributed by atoms with Crippen molar-refractivity contribution < 1.29 is 0 Å². The summed E-state index contributed by atoms with van der Waals surface area (Å²) in [4.78, 5) is 14.3. The Kier molecular flexibility index (Phi) is 9.09. The summed E-state index contributed by atoms with van der Waals surface area (Å²) < 4.78 is 0. The van der Waals surface area contributed by atoms with Gasteiger partial charge in [-0.25, -0.2) is 4.98 Å². The van der Waals surface area contributed by atoms with Crippen LogP contribution in [0.1, 0.15) is 56.2 Å². The quantitative estimate of drug-likeness (QED) is 0.387. The summed E-state index contributed by atoms with van der Waals surface area (Å²) in [5.41, 5.74) is 1.12. The molecule has 2 fully saturated rings. The smallest absolute Gasteiger partial charge is 0.193 e. The topological polar surface area (TPSA) is 43.8 Å². The molecule has 0 saturated carbocycles. The van der Waals surface area contributed by atoms with Gasteiger partial charge in [0.1, 0.15) is 0 Å². The first-order valence-corrected chi connectivity index (χ1v) is 10.7. The van der Waals surface area contributed by atoms with Gasteiger partial charge in [0.2, 0.25) is 0 Å². The number of nitrogens with zero attached hydrogens (tertiary/aromatic N) is 4. The van der Waals surface area contributed by atoms with Crippen molar-refractivity contribution in [1.29, 1.82) is 0 Å². The Morgan fingerprint density at radius 2 is 2.08 bits per heavy atom. The maximum absolute atomic E-state index is 4.71. The molecule has 2 saturated heterocycles. The molecule has 0 amide bonds. The van der Waals surface area contributed by atoms with Crippen molar-refractivity contribution in [2.75, 3.05) is 39.8 Å². The van der Waals surface area contributed by atoms with Crippen LogP contribution in [-0.4, -0.2) is 60.5 Å². The SMILES string of the molecule is CN=C(NCc1csc(C(C)C)n1)N1CCC(CN2CCCCC2)C1.I. The fourth-order valence-corrected chi connectivity index (χ4v) is 4.69. The van der Waals surface area contributed by atoms with Crippen LogP contribution in [0.3, 0.4) is 0 Å². The predicted octanol–water partition coefficient (Wildman–Crippen LogP) is 3.77. The fraction of sp³-hybridized carbons (Fsp3) is 0.789. The Morgan fingerprint density at radius 1 is 1.31 bits per heavy atom. The zero-order chi connectivity index (χ0) is 17.6. The lowest BCUT2D eigenvalue weighted by Crippen LogP contribution is -2.41. The van der Waals surface area contributed by atoms with E-state index in [0.717, 1.165) is 37.2 Å². The van der Waals surface area contributed by atoms with E-state index >= 15 is 0 Å². The van der Waals surface area contributed by atoms with Crippen molar-refractivity contribution in [3.05, 3.63) is 16.1 Å². The van der Waals surface area contributed by atoms with Gasteiger partial charge < -0.3 is 15.1 Å². The summed E-state index contributed by atoms with van der Waals surface area (Å²) in [5.74, 6) is 2.32. The van der Waals surface area contributed by atoms with Crippen LogP contribution in [0.15, 0.2) is 10.4 Å². The molecule has 3 heterocycles. The van der Waals surface area contributed by atoms with E-state index in [1.807, 2.05) is 7.05 Å². The molecule has 1 N–H and O–H groups in total. The van der Waals surface area contributed by atoms with Crippen molar-refractivity contribution in [3.8, 4) is 0 Å². The summed E-state index contributed by atoms with van der Waals surface area (Å²) in [6.45, 7) is 11.3. The van der Waals surface area contributed by atoms with Crippen LogP contribution < -0.4 is 5.32 Å². The lowest BCUT2D eigenvalue weighted by atomic mass is 10.1. The summed E-state index contributed by atoms with van der Waals surface area (Å²) in [5, 5.41) is 6.89. The molecule has 1 unspecified atom stereocenters. The summed E-state index contributed by atoms with van der Waals surface area (Å²) >= 11 is 1.76. The van der Waals surface area contributed by atoms with Gasteiger partial charge in [0.15, 0.2) is 5.96 Å². The van der Waals surface area contributed by atoms with Crippen molar-refractivity contribution in [2.24, 2.45) is 10.9 Å². The molecule has 3 rings (SSSR count). The van der Waals surface area contributed by atoms with Gasteiger partial charge in [-0.2, -0.15) is 0 Å². The van der Waals surface area contributed by atoms with E-state index in [1.165, 1.54) is 50.3 Å². The van der Waals surface area contributed by atoms with Crippen molar-refractivity contribution in [1.82, 2.24) is 20.1 Å². The molecule has 2 aliphatic rings. The van der Waals surface area contributed by atoms with Gasteiger partial charge in [0, 0.05) is 38.0 Å². The highest BCUT2D eigenvalue weighted by molar-refractivity contribution is 14.0.